The summed E-state index contributed by atoms with van der Waals surface area (Å²) < 4.78 is 2.14. The summed E-state index contributed by atoms with van der Waals surface area (Å²) in [5.74, 6) is 0. The molecule has 1 unspecified atom stereocenters. The van der Waals surface area contributed by atoms with Crippen LogP contribution in [0.2, 0.25) is 0 Å². The molecular weight excluding hydrogens is 196 g/mol. The Labute approximate surface area is 96.3 Å². The number of hydrogen-bond acceptors (Lipinski definition) is 0. The van der Waals surface area contributed by atoms with E-state index in [2.05, 4.69) is 40.9 Å². The SMILES string of the molecule is C=CC1=CC=CC(C=C)(C[n+]2cc[nH]c2)C1. The van der Waals surface area contributed by atoms with Gasteiger partial charge in [0.15, 0.2) is 0 Å². The number of H-pyrrole nitrogens is 1. The van der Waals surface area contributed by atoms with Crippen LogP contribution in [-0.4, -0.2) is 4.98 Å². The van der Waals surface area contributed by atoms with E-state index in [9.17, 15) is 0 Å². The van der Waals surface area contributed by atoms with Gasteiger partial charge >= 0.3 is 0 Å². The van der Waals surface area contributed by atoms with Gasteiger partial charge in [0.2, 0.25) is 6.33 Å². The third-order valence-electron chi connectivity index (χ3n) is 3.02. The molecule has 0 saturated carbocycles. The molecule has 2 nitrogen and oxygen atoms in total. The van der Waals surface area contributed by atoms with Gasteiger partial charge in [-0.25, -0.2) is 4.57 Å². The summed E-state index contributed by atoms with van der Waals surface area (Å²) in [7, 11) is 0. The fourth-order valence-electron chi connectivity index (χ4n) is 2.07. The average Bonchev–Trinajstić information content (AvgIpc) is 2.82. The lowest BCUT2D eigenvalue weighted by Gasteiger charge is -2.27. The fraction of sp³-hybridized carbons (Fsp3) is 0.214. The highest BCUT2D eigenvalue weighted by molar-refractivity contribution is 5.32. The van der Waals surface area contributed by atoms with Crippen LogP contribution >= 0.6 is 0 Å². The zero-order chi connectivity index (χ0) is 11.4. The van der Waals surface area contributed by atoms with Crippen LogP contribution in [0.4, 0.5) is 0 Å². The Morgan fingerprint density at radius 3 is 3.00 bits per heavy atom. The maximum atomic E-state index is 3.97. The van der Waals surface area contributed by atoms with Crippen molar-refractivity contribution in [2.45, 2.75) is 13.0 Å². The standard InChI is InChI=1S/C14H16N2/c1-3-13-6-5-7-14(4-2,10-13)11-16-9-8-15-12-16/h3-9,12H,1-2,10-11H2/p+1. The Balaban J connectivity index is 2.21. The number of nitrogens with one attached hydrogen (secondary N) is 1. The molecule has 2 heteroatoms. The van der Waals surface area contributed by atoms with Gasteiger partial charge in [0, 0.05) is 5.41 Å². The molecule has 0 amide bonds. The van der Waals surface area contributed by atoms with E-state index in [-0.39, 0.29) is 5.41 Å². The van der Waals surface area contributed by atoms with Crippen LogP contribution < -0.4 is 4.57 Å². The third kappa shape index (κ3) is 2.06. The van der Waals surface area contributed by atoms with Crippen molar-refractivity contribution in [3.05, 3.63) is 67.8 Å². The summed E-state index contributed by atoms with van der Waals surface area (Å²) >= 11 is 0. The maximum absolute atomic E-state index is 3.97. The lowest BCUT2D eigenvalue weighted by atomic mass is 9.78. The Hall–Kier alpha value is -1.83. The largest absolute Gasteiger partial charge is 0.250 e. The van der Waals surface area contributed by atoms with Crippen LogP contribution in [0, 0.1) is 5.41 Å². The van der Waals surface area contributed by atoms with Gasteiger partial charge in [-0.05, 0) is 12.0 Å². The number of allylic oxidation sites excluding steroid dienone is 6. The topological polar surface area (TPSA) is 19.7 Å². The molecule has 1 aromatic heterocycles. The van der Waals surface area contributed by atoms with Crippen molar-refractivity contribution in [3.63, 3.8) is 0 Å². The van der Waals surface area contributed by atoms with Crippen molar-refractivity contribution < 1.29 is 4.57 Å². The molecule has 0 saturated heterocycles. The molecule has 1 aromatic rings. The molecule has 0 bridgehead atoms. The first-order valence-corrected chi connectivity index (χ1v) is 5.44. The van der Waals surface area contributed by atoms with Crippen LogP contribution in [0.3, 0.4) is 0 Å². The van der Waals surface area contributed by atoms with Crippen molar-refractivity contribution in [1.29, 1.82) is 0 Å². The Morgan fingerprint density at radius 2 is 2.38 bits per heavy atom. The summed E-state index contributed by atoms with van der Waals surface area (Å²) in [6, 6.07) is 0. The van der Waals surface area contributed by atoms with E-state index in [0.29, 0.717) is 0 Å². The molecule has 0 aliphatic heterocycles. The van der Waals surface area contributed by atoms with Crippen molar-refractivity contribution in [1.82, 2.24) is 4.98 Å². The van der Waals surface area contributed by atoms with Gasteiger partial charge in [0.25, 0.3) is 0 Å². The molecular formula is C14H17N2+. The first-order valence-electron chi connectivity index (χ1n) is 5.44. The van der Waals surface area contributed by atoms with Crippen LogP contribution in [0.15, 0.2) is 67.8 Å². The average molecular weight is 213 g/mol. The van der Waals surface area contributed by atoms with Crippen molar-refractivity contribution in [2.75, 3.05) is 0 Å². The Bertz CT molecular complexity index is 437. The van der Waals surface area contributed by atoms with Gasteiger partial charge in [0.05, 0.1) is 0 Å². The molecule has 1 aliphatic rings. The van der Waals surface area contributed by atoms with E-state index in [1.807, 2.05) is 30.9 Å². The number of rotatable bonds is 4. The third-order valence-corrected chi connectivity index (χ3v) is 3.02. The lowest BCUT2D eigenvalue weighted by molar-refractivity contribution is -0.704. The van der Waals surface area contributed by atoms with E-state index in [1.165, 1.54) is 5.57 Å². The zero-order valence-electron chi connectivity index (χ0n) is 9.39. The second-order valence-corrected chi connectivity index (χ2v) is 4.20. The molecule has 0 spiro atoms. The highest BCUT2D eigenvalue weighted by atomic mass is 15.0. The lowest BCUT2D eigenvalue weighted by Crippen LogP contribution is -2.40. The monoisotopic (exact) mass is 213 g/mol. The van der Waals surface area contributed by atoms with Crippen molar-refractivity contribution in [3.8, 4) is 0 Å². The van der Waals surface area contributed by atoms with Gasteiger partial charge in [-0.2, -0.15) is 0 Å². The van der Waals surface area contributed by atoms with Crippen molar-refractivity contribution >= 4 is 0 Å². The van der Waals surface area contributed by atoms with Crippen LogP contribution in [-0.2, 0) is 6.54 Å². The second-order valence-electron chi connectivity index (χ2n) is 4.20. The summed E-state index contributed by atoms with van der Waals surface area (Å²) in [5.41, 5.74) is 1.27. The normalized spacial score (nSPS) is 23.9. The summed E-state index contributed by atoms with van der Waals surface area (Å²) in [6.45, 7) is 8.71. The van der Waals surface area contributed by atoms with Gasteiger partial charge in [-0.3, -0.25) is 4.98 Å². The van der Waals surface area contributed by atoms with Crippen LogP contribution in [0.1, 0.15) is 6.42 Å². The minimum atomic E-state index is 0.00509. The van der Waals surface area contributed by atoms with Gasteiger partial charge < -0.3 is 0 Å². The highest BCUT2D eigenvalue weighted by Crippen LogP contribution is 2.33. The fourth-order valence-corrected chi connectivity index (χ4v) is 2.07. The van der Waals surface area contributed by atoms with Gasteiger partial charge in [-0.1, -0.05) is 37.0 Å². The second kappa shape index (κ2) is 4.35. The molecule has 1 heterocycles. The van der Waals surface area contributed by atoms with E-state index >= 15 is 0 Å². The first-order chi connectivity index (χ1) is 7.78. The Kier molecular flexibility index (Phi) is 2.91. The Morgan fingerprint density at radius 1 is 1.50 bits per heavy atom. The molecule has 0 radical (unpaired) electrons. The quantitative estimate of drug-likeness (QED) is 0.586. The number of imidazole rings is 1. The summed E-state index contributed by atoms with van der Waals surface area (Å²) in [6.07, 6.45) is 17.3. The summed E-state index contributed by atoms with van der Waals surface area (Å²) in [4.78, 5) is 3.06. The van der Waals surface area contributed by atoms with E-state index < -0.39 is 0 Å². The van der Waals surface area contributed by atoms with Crippen LogP contribution in [0.5, 0.6) is 0 Å². The van der Waals surface area contributed by atoms with Gasteiger partial charge in [-0.15, -0.1) is 6.58 Å². The number of aromatic nitrogens is 2. The molecule has 1 atom stereocenters. The van der Waals surface area contributed by atoms with E-state index in [4.69, 9.17) is 0 Å². The van der Waals surface area contributed by atoms with Crippen LogP contribution in [0.25, 0.3) is 0 Å². The summed E-state index contributed by atoms with van der Waals surface area (Å²) in [5, 5.41) is 0. The molecule has 1 aliphatic carbocycles. The molecule has 0 fully saturated rings. The number of nitrogens with zero attached hydrogens (tertiary/aromatic N) is 1. The van der Waals surface area contributed by atoms with Gasteiger partial charge in [0.1, 0.15) is 18.9 Å². The minimum absolute atomic E-state index is 0.00509. The number of aromatic amines is 1. The van der Waals surface area contributed by atoms with E-state index in [0.717, 1.165) is 13.0 Å². The first kappa shape index (κ1) is 10.7. The maximum Gasteiger partial charge on any atom is 0.241 e. The van der Waals surface area contributed by atoms with Crippen molar-refractivity contribution in [2.24, 2.45) is 5.41 Å². The molecule has 16 heavy (non-hydrogen) atoms. The predicted octanol–water partition coefficient (Wildman–Crippen LogP) is 2.55. The smallest absolute Gasteiger partial charge is 0.241 e. The molecule has 2 rings (SSSR count). The predicted molar refractivity (Wildman–Crippen MR) is 65.7 cm³/mol. The molecule has 0 aromatic carbocycles. The van der Waals surface area contributed by atoms with E-state index in [1.54, 1.807) is 0 Å². The zero-order valence-corrected chi connectivity index (χ0v) is 9.39. The number of hydrogen-bond donors (Lipinski definition) is 1. The molecule has 1 N–H and O–H groups in total. The molecule has 82 valence electrons. The highest BCUT2D eigenvalue weighted by Gasteiger charge is 2.28. The minimum Gasteiger partial charge on any atom is -0.250 e.